The number of benzene rings is 1. The minimum atomic E-state index is -0.442. The first-order valence-electron chi connectivity index (χ1n) is 9.28. The van der Waals surface area contributed by atoms with Gasteiger partial charge in [-0.15, -0.1) is 0 Å². The van der Waals surface area contributed by atoms with Crippen LogP contribution in [0.15, 0.2) is 24.4 Å². The summed E-state index contributed by atoms with van der Waals surface area (Å²) in [5, 5.41) is 23.5. The SMILES string of the molecule is O=C(c1cccc2cnc(NC3CCC(O)CC3)nc12)N1CCC(O)C1. The van der Waals surface area contributed by atoms with Crippen LogP contribution in [0.25, 0.3) is 10.9 Å². The van der Waals surface area contributed by atoms with Gasteiger partial charge in [0.1, 0.15) is 0 Å². The average Bonchev–Trinajstić information content (AvgIpc) is 3.09. The summed E-state index contributed by atoms with van der Waals surface area (Å²) in [5.74, 6) is 0.415. The Bertz CT molecular complexity index is 804. The zero-order valence-corrected chi connectivity index (χ0v) is 14.6. The number of aliphatic hydroxyl groups excluding tert-OH is 2. The van der Waals surface area contributed by atoms with Crippen molar-refractivity contribution in [3.8, 4) is 0 Å². The largest absolute Gasteiger partial charge is 0.393 e. The standard InChI is InChI=1S/C19H24N4O3/c24-14-6-4-13(5-7-14)21-19-20-10-12-2-1-3-16(17(12)22-19)18(26)23-9-8-15(25)11-23/h1-3,10,13-15,24-25H,4-9,11H2,(H,20,21,22). The molecule has 1 aliphatic carbocycles. The maximum Gasteiger partial charge on any atom is 0.256 e. The van der Waals surface area contributed by atoms with E-state index in [1.54, 1.807) is 17.2 Å². The lowest BCUT2D eigenvalue weighted by molar-refractivity contribution is 0.0766. The van der Waals surface area contributed by atoms with Gasteiger partial charge in [0, 0.05) is 30.7 Å². The number of carbonyl (C=O) groups excluding carboxylic acids is 1. The minimum Gasteiger partial charge on any atom is -0.393 e. The van der Waals surface area contributed by atoms with Crippen LogP contribution in [0.4, 0.5) is 5.95 Å². The Morgan fingerprint density at radius 2 is 1.92 bits per heavy atom. The third kappa shape index (κ3) is 3.50. The molecule has 1 amide bonds. The van der Waals surface area contributed by atoms with E-state index >= 15 is 0 Å². The number of para-hydroxylation sites is 1. The summed E-state index contributed by atoms with van der Waals surface area (Å²) in [4.78, 5) is 23.5. The average molecular weight is 356 g/mol. The van der Waals surface area contributed by atoms with Crippen LogP contribution in [0.3, 0.4) is 0 Å². The Morgan fingerprint density at radius 1 is 1.12 bits per heavy atom. The molecule has 1 unspecified atom stereocenters. The van der Waals surface area contributed by atoms with E-state index < -0.39 is 6.10 Å². The number of aliphatic hydroxyl groups is 2. The van der Waals surface area contributed by atoms with E-state index in [1.807, 2.05) is 12.1 Å². The normalized spacial score (nSPS) is 26.2. The molecule has 0 spiro atoms. The van der Waals surface area contributed by atoms with Gasteiger partial charge in [-0.05, 0) is 38.2 Å². The van der Waals surface area contributed by atoms with Crippen LogP contribution in [0, 0.1) is 0 Å². The lowest BCUT2D eigenvalue weighted by Crippen LogP contribution is -2.30. The fraction of sp³-hybridized carbons (Fsp3) is 0.526. The summed E-state index contributed by atoms with van der Waals surface area (Å²) in [6.45, 7) is 0.937. The Labute approximate surface area is 152 Å². The van der Waals surface area contributed by atoms with E-state index in [0.29, 0.717) is 36.5 Å². The van der Waals surface area contributed by atoms with Crippen molar-refractivity contribution in [2.24, 2.45) is 0 Å². The van der Waals surface area contributed by atoms with Crippen molar-refractivity contribution in [3.05, 3.63) is 30.0 Å². The van der Waals surface area contributed by atoms with E-state index in [-0.39, 0.29) is 18.1 Å². The van der Waals surface area contributed by atoms with Crippen molar-refractivity contribution in [1.29, 1.82) is 0 Å². The topological polar surface area (TPSA) is 98.6 Å². The summed E-state index contributed by atoms with van der Waals surface area (Å²) in [6.07, 6.45) is 5.04. The van der Waals surface area contributed by atoms with Crippen molar-refractivity contribution in [3.63, 3.8) is 0 Å². The fourth-order valence-corrected chi connectivity index (χ4v) is 3.80. The zero-order valence-electron chi connectivity index (χ0n) is 14.6. The Morgan fingerprint density at radius 3 is 2.65 bits per heavy atom. The second-order valence-electron chi connectivity index (χ2n) is 7.28. The maximum absolute atomic E-state index is 12.9. The maximum atomic E-state index is 12.9. The van der Waals surface area contributed by atoms with Crippen molar-refractivity contribution in [1.82, 2.24) is 14.9 Å². The number of β-amino-alcohol motifs (C(OH)–C–C–N with tert-alkyl or cyclic N) is 1. The Kier molecular flexibility index (Phi) is 4.74. The van der Waals surface area contributed by atoms with E-state index in [0.717, 1.165) is 31.1 Å². The van der Waals surface area contributed by atoms with Crippen LogP contribution in [-0.2, 0) is 0 Å². The third-order valence-corrected chi connectivity index (χ3v) is 5.32. The lowest BCUT2D eigenvalue weighted by atomic mass is 9.93. The molecule has 26 heavy (non-hydrogen) atoms. The van der Waals surface area contributed by atoms with Crippen LogP contribution in [0.5, 0.6) is 0 Å². The lowest BCUT2D eigenvalue weighted by Gasteiger charge is -2.26. The molecule has 4 rings (SSSR count). The van der Waals surface area contributed by atoms with Gasteiger partial charge in [0.15, 0.2) is 0 Å². The molecule has 1 atom stereocenters. The van der Waals surface area contributed by atoms with Gasteiger partial charge < -0.3 is 20.4 Å². The number of carbonyl (C=O) groups is 1. The summed E-state index contributed by atoms with van der Waals surface area (Å²) < 4.78 is 0. The van der Waals surface area contributed by atoms with Crippen LogP contribution in [-0.4, -0.2) is 62.3 Å². The quantitative estimate of drug-likeness (QED) is 0.772. The highest BCUT2D eigenvalue weighted by Crippen LogP contribution is 2.24. The molecule has 2 heterocycles. The molecular weight excluding hydrogens is 332 g/mol. The monoisotopic (exact) mass is 356 g/mol. The van der Waals surface area contributed by atoms with E-state index in [1.165, 1.54) is 0 Å². The van der Waals surface area contributed by atoms with Crippen molar-refractivity contribution in [2.45, 2.75) is 50.4 Å². The second kappa shape index (κ2) is 7.17. The molecule has 2 aromatic rings. The third-order valence-electron chi connectivity index (χ3n) is 5.32. The Hall–Kier alpha value is -2.25. The van der Waals surface area contributed by atoms with E-state index in [2.05, 4.69) is 15.3 Å². The molecule has 7 heteroatoms. The molecule has 0 bridgehead atoms. The molecule has 3 N–H and O–H groups in total. The molecule has 7 nitrogen and oxygen atoms in total. The predicted molar refractivity (Wildman–Crippen MR) is 98.0 cm³/mol. The molecule has 1 aromatic heterocycles. The first-order valence-corrected chi connectivity index (χ1v) is 9.28. The predicted octanol–water partition coefficient (Wildman–Crippen LogP) is 1.55. The van der Waals surface area contributed by atoms with Gasteiger partial charge in [0.05, 0.1) is 23.3 Å². The number of aromatic nitrogens is 2. The molecule has 1 aliphatic heterocycles. The van der Waals surface area contributed by atoms with Gasteiger partial charge in [0.2, 0.25) is 5.95 Å². The van der Waals surface area contributed by atoms with Crippen molar-refractivity contribution in [2.75, 3.05) is 18.4 Å². The number of fused-ring (bicyclic) bond motifs is 1. The number of nitrogens with one attached hydrogen (secondary N) is 1. The second-order valence-corrected chi connectivity index (χ2v) is 7.28. The van der Waals surface area contributed by atoms with Gasteiger partial charge in [-0.3, -0.25) is 4.79 Å². The smallest absolute Gasteiger partial charge is 0.256 e. The van der Waals surface area contributed by atoms with Gasteiger partial charge >= 0.3 is 0 Å². The van der Waals surface area contributed by atoms with Gasteiger partial charge in [-0.25, -0.2) is 9.97 Å². The summed E-state index contributed by atoms with van der Waals surface area (Å²) >= 11 is 0. The molecule has 1 aromatic carbocycles. The highest BCUT2D eigenvalue weighted by Gasteiger charge is 2.27. The number of nitrogens with zero attached hydrogens (tertiary/aromatic N) is 3. The molecule has 2 fully saturated rings. The molecule has 0 radical (unpaired) electrons. The van der Waals surface area contributed by atoms with Crippen LogP contribution < -0.4 is 5.32 Å². The summed E-state index contributed by atoms with van der Waals surface area (Å²) in [6, 6.07) is 5.75. The summed E-state index contributed by atoms with van der Waals surface area (Å²) in [7, 11) is 0. The molecule has 2 aliphatic rings. The minimum absolute atomic E-state index is 0.0995. The number of likely N-dealkylation sites (tertiary alicyclic amines) is 1. The number of amides is 1. The number of rotatable bonds is 3. The Balaban J connectivity index is 1.59. The molecule has 1 saturated heterocycles. The zero-order chi connectivity index (χ0) is 18.1. The molecular formula is C19H24N4O3. The number of hydrogen-bond donors (Lipinski definition) is 3. The van der Waals surface area contributed by atoms with Crippen LogP contribution in [0.1, 0.15) is 42.5 Å². The van der Waals surface area contributed by atoms with E-state index in [4.69, 9.17) is 0 Å². The van der Waals surface area contributed by atoms with Gasteiger partial charge in [-0.1, -0.05) is 12.1 Å². The highest BCUT2D eigenvalue weighted by atomic mass is 16.3. The van der Waals surface area contributed by atoms with Crippen LogP contribution >= 0.6 is 0 Å². The molecule has 138 valence electrons. The fourth-order valence-electron chi connectivity index (χ4n) is 3.80. The van der Waals surface area contributed by atoms with Crippen molar-refractivity contribution < 1.29 is 15.0 Å². The van der Waals surface area contributed by atoms with Gasteiger partial charge in [-0.2, -0.15) is 0 Å². The molecule has 1 saturated carbocycles. The first-order chi connectivity index (χ1) is 12.6. The van der Waals surface area contributed by atoms with Crippen LogP contribution in [0.2, 0.25) is 0 Å². The van der Waals surface area contributed by atoms with Gasteiger partial charge in [0.25, 0.3) is 5.91 Å². The van der Waals surface area contributed by atoms with E-state index in [9.17, 15) is 15.0 Å². The number of anilines is 1. The summed E-state index contributed by atoms with van der Waals surface area (Å²) in [5.41, 5.74) is 1.17. The number of hydrogen-bond acceptors (Lipinski definition) is 6. The highest BCUT2D eigenvalue weighted by molar-refractivity contribution is 6.05. The first kappa shape index (κ1) is 17.2. The van der Waals surface area contributed by atoms with Crippen molar-refractivity contribution >= 4 is 22.8 Å².